The Morgan fingerprint density at radius 1 is 1.07 bits per heavy atom. The highest BCUT2D eigenvalue weighted by Crippen LogP contribution is 2.37. The number of fused-ring (bicyclic) bond motifs is 2. The Morgan fingerprint density at radius 3 is 2.48 bits per heavy atom. The van der Waals surface area contributed by atoms with Crippen molar-refractivity contribution < 1.29 is 13.6 Å². The van der Waals surface area contributed by atoms with E-state index >= 15 is 0 Å². The average Bonchev–Trinajstić information content (AvgIpc) is 2.93. The van der Waals surface area contributed by atoms with E-state index in [4.69, 9.17) is 4.42 Å². The number of benzene rings is 2. The second-order valence-corrected chi connectivity index (χ2v) is 6.93. The van der Waals surface area contributed by atoms with Crippen LogP contribution >= 0.6 is 0 Å². The van der Waals surface area contributed by atoms with Crippen LogP contribution in [-0.4, -0.2) is 42.9 Å². The third-order valence-corrected chi connectivity index (χ3v) is 4.85. The molecule has 2 aromatic carbocycles. The molecule has 1 aliphatic heterocycles. The molecule has 138 valence electrons. The van der Waals surface area contributed by atoms with Crippen molar-refractivity contribution >= 4 is 16.9 Å². The Balaban J connectivity index is 1.93. The predicted octanol–water partition coefficient (Wildman–Crippen LogP) is 3.04. The number of halogens is 1. The van der Waals surface area contributed by atoms with Gasteiger partial charge in [0.25, 0.3) is 5.91 Å². The fourth-order valence-electron chi connectivity index (χ4n) is 3.50. The van der Waals surface area contributed by atoms with Gasteiger partial charge >= 0.3 is 0 Å². The van der Waals surface area contributed by atoms with Crippen LogP contribution in [0.2, 0.25) is 0 Å². The number of carbonyl (C=O) groups is 1. The van der Waals surface area contributed by atoms with E-state index in [1.807, 2.05) is 19.0 Å². The maximum atomic E-state index is 13.4. The first-order valence-electron chi connectivity index (χ1n) is 8.74. The van der Waals surface area contributed by atoms with E-state index in [9.17, 15) is 14.0 Å². The first-order valence-corrected chi connectivity index (χ1v) is 8.74. The van der Waals surface area contributed by atoms with Crippen LogP contribution in [0.1, 0.15) is 27.7 Å². The molecule has 5 nitrogen and oxygen atoms in total. The number of carbonyl (C=O) groups excluding carboxylic acids is 1. The molecule has 0 bridgehead atoms. The van der Waals surface area contributed by atoms with Gasteiger partial charge in [0.15, 0.2) is 5.43 Å². The molecule has 27 heavy (non-hydrogen) atoms. The molecule has 0 saturated carbocycles. The molecule has 3 aromatic rings. The summed E-state index contributed by atoms with van der Waals surface area (Å²) in [6.07, 6.45) is 0. The summed E-state index contributed by atoms with van der Waals surface area (Å²) in [6.45, 7) is 1.05. The fourth-order valence-corrected chi connectivity index (χ4v) is 3.50. The van der Waals surface area contributed by atoms with Crippen LogP contribution in [0.3, 0.4) is 0 Å². The number of rotatable bonds is 4. The van der Waals surface area contributed by atoms with Gasteiger partial charge in [-0.1, -0.05) is 24.3 Å². The van der Waals surface area contributed by atoms with Crippen LogP contribution in [0.5, 0.6) is 0 Å². The standard InChI is InChI=1S/C21H19FN2O3/c1-23(2)11-12-24-18(13-7-9-14(22)10-8-13)17-19(25)15-5-3-4-6-16(15)27-20(17)21(24)26/h3-10,18H,11-12H2,1-2H3/t18-/m1/s1. The molecule has 0 N–H and O–H groups in total. The van der Waals surface area contributed by atoms with Gasteiger partial charge in [0.1, 0.15) is 11.4 Å². The highest BCUT2D eigenvalue weighted by atomic mass is 19.1. The Hall–Kier alpha value is -2.99. The number of amides is 1. The minimum Gasteiger partial charge on any atom is -0.450 e. The van der Waals surface area contributed by atoms with Gasteiger partial charge < -0.3 is 14.2 Å². The number of likely N-dealkylation sites (N-methyl/N-ethyl adjacent to an activating group) is 1. The normalized spacial score (nSPS) is 16.4. The average molecular weight is 366 g/mol. The summed E-state index contributed by atoms with van der Waals surface area (Å²) >= 11 is 0. The van der Waals surface area contributed by atoms with Crippen molar-refractivity contribution in [2.75, 3.05) is 27.2 Å². The van der Waals surface area contributed by atoms with Crippen molar-refractivity contribution in [3.8, 4) is 0 Å². The van der Waals surface area contributed by atoms with Gasteiger partial charge in [0.05, 0.1) is 17.0 Å². The van der Waals surface area contributed by atoms with Crippen LogP contribution in [0.4, 0.5) is 4.39 Å². The lowest BCUT2D eigenvalue weighted by Gasteiger charge is -2.26. The summed E-state index contributed by atoms with van der Waals surface area (Å²) in [5.41, 5.74) is 1.18. The topological polar surface area (TPSA) is 53.8 Å². The monoisotopic (exact) mass is 366 g/mol. The van der Waals surface area contributed by atoms with Gasteiger partial charge in [-0.3, -0.25) is 9.59 Å². The Labute approximate surface area is 155 Å². The molecule has 2 heterocycles. The maximum Gasteiger partial charge on any atom is 0.290 e. The van der Waals surface area contributed by atoms with Crippen molar-refractivity contribution in [3.05, 3.63) is 81.5 Å². The summed E-state index contributed by atoms with van der Waals surface area (Å²) in [6, 6.07) is 12.2. The van der Waals surface area contributed by atoms with Crippen molar-refractivity contribution in [2.45, 2.75) is 6.04 Å². The van der Waals surface area contributed by atoms with Gasteiger partial charge in [0, 0.05) is 13.1 Å². The van der Waals surface area contributed by atoms with Crippen LogP contribution in [0.15, 0.2) is 57.7 Å². The lowest BCUT2D eigenvalue weighted by Crippen LogP contribution is -2.35. The summed E-state index contributed by atoms with van der Waals surface area (Å²) < 4.78 is 19.2. The largest absolute Gasteiger partial charge is 0.450 e. The van der Waals surface area contributed by atoms with Crippen LogP contribution in [-0.2, 0) is 0 Å². The van der Waals surface area contributed by atoms with Crippen LogP contribution in [0, 0.1) is 5.82 Å². The van der Waals surface area contributed by atoms with Gasteiger partial charge in [-0.2, -0.15) is 0 Å². The molecule has 1 aromatic heterocycles. The van der Waals surface area contributed by atoms with E-state index in [2.05, 4.69) is 0 Å². The van der Waals surface area contributed by atoms with E-state index in [0.29, 0.717) is 35.2 Å². The first-order chi connectivity index (χ1) is 13.0. The zero-order valence-corrected chi connectivity index (χ0v) is 15.1. The second-order valence-electron chi connectivity index (χ2n) is 6.93. The molecule has 0 spiro atoms. The van der Waals surface area contributed by atoms with Crippen molar-refractivity contribution in [1.82, 2.24) is 9.80 Å². The van der Waals surface area contributed by atoms with E-state index in [0.717, 1.165) is 0 Å². The van der Waals surface area contributed by atoms with E-state index in [-0.39, 0.29) is 22.9 Å². The van der Waals surface area contributed by atoms with Crippen molar-refractivity contribution in [1.29, 1.82) is 0 Å². The van der Waals surface area contributed by atoms with Crippen molar-refractivity contribution in [3.63, 3.8) is 0 Å². The minimum atomic E-state index is -0.589. The van der Waals surface area contributed by atoms with Gasteiger partial charge in [-0.15, -0.1) is 0 Å². The SMILES string of the molecule is CN(C)CCN1C(=O)c2oc3ccccc3c(=O)c2[C@H]1c1ccc(F)cc1. The van der Waals surface area contributed by atoms with Crippen molar-refractivity contribution in [2.24, 2.45) is 0 Å². The first kappa shape index (κ1) is 17.4. The molecule has 1 aliphatic rings. The molecular weight excluding hydrogens is 347 g/mol. The van der Waals surface area contributed by atoms with E-state index in [1.165, 1.54) is 12.1 Å². The number of hydrogen-bond acceptors (Lipinski definition) is 4. The molecule has 0 radical (unpaired) electrons. The molecule has 0 aliphatic carbocycles. The molecule has 0 saturated heterocycles. The smallest absolute Gasteiger partial charge is 0.290 e. The van der Waals surface area contributed by atoms with E-state index < -0.39 is 6.04 Å². The zero-order chi connectivity index (χ0) is 19.1. The molecule has 1 atom stereocenters. The zero-order valence-electron chi connectivity index (χ0n) is 15.1. The highest BCUT2D eigenvalue weighted by Gasteiger charge is 2.42. The third-order valence-electron chi connectivity index (χ3n) is 4.85. The van der Waals surface area contributed by atoms with E-state index in [1.54, 1.807) is 41.3 Å². The Kier molecular flexibility index (Phi) is 4.28. The third kappa shape index (κ3) is 2.92. The molecular formula is C21H19FN2O3. The molecule has 1 amide bonds. The summed E-state index contributed by atoms with van der Waals surface area (Å²) in [5.74, 6) is -0.607. The van der Waals surface area contributed by atoms with Crippen LogP contribution < -0.4 is 5.43 Å². The highest BCUT2D eigenvalue weighted by molar-refractivity contribution is 5.99. The summed E-state index contributed by atoms with van der Waals surface area (Å²) in [5, 5.41) is 0.436. The molecule has 0 unspecified atom stereocenters. The number of hydrogen-bond donors (Lipinski definition) is 0. The Morgan fingerprint density at radius 2 is 1.78 bits per heavy atom. The van der Waals surface area contributed by atoms with Gasteiger partial charge in [-0.05, 0) is 43.9 Å². The molecule has 6 heteroatoms. The predicted molar refractivity (Wildman–Crippen MR) is 100 cm³/mol. The lowest BCUT2D eigenvalue weighted by atomic mass is 9.98. The quantitative estimate of drug-likeness (QED) is 0.712. The minimum absolute atomic E-state index is 0.0757. The lowest BCUT2D eigenvalue weighted by molar-refractivity contribution is 0.0716. The van der Waals surface area contributed by atoms with Gasteiger partial charge in [-0.25, -0.2) is 4.39 Å². The number of para-hydroxylation sites is 1. The molecule has 0 fully saturated rings. The summed E-state index contributed by atoms with van der Waals surface area (Å²) in [7, 11) is 3.83. The number of nitrogens with zero attached hydrogens (tertiary/aromatic N) is 2. The van der Waals surface area contributed by atoms with Gasteiger partial charge in [0.2, 0.25) is 5.76 Å². The maximum absolute atomic E-state index is 13.4. The second kappa shape index (κ2) is 6.63. The summed E-state index contributed by atoms with van der Waals surface area (Å²) in [4.78, 5) is 29.8. The Bertz CT molecular complexity index is 1070. The molecule has 4 rings (SSSR count). The van der Waals surface area contributed by atoms with Crippen LogP contribution in [0.25, 0.3) is 11.0 Å². The fraction of sp³-hybridized carbons (Fsp3) is 0.238.